The Morgan fingerprint density at radius 2 is 0.804 bits per heavy atom. The van der Waals surface area contributed by atoms with E-state index in [2.05, 4.69) is 185 Å². The molecule has 46 heavy (non-hydrogen) atoms. The van der Waals surface area contributed by atoms with Crippen LogP contribution < -0.4 is 0 Å². The van der Waals surface area contributed by atoms with Crippen molar-refractivity contribution in [2.75, 3.05) is 0 Å². The zero-order chi connectivity index (χ0) is 31.5. The molecule has 7 rings (SSSR count). The van der Waals surface area contributed by atoms with E-state index in [0.717, 1.165) is 12.8 Å². The summed E-state index contributed by atoms with van der Waals surface area (Å²) in [5.41, 5.74) is 16.3. The van der Waals surface area contributed by atoms with E-state index >= 15 is 0 Å². The SMILES string of the molecule is CC(C)(C)c1c(-c2cc(C3=CCCC=C3)cc(-c3ccccc3)c2)cccc1-c1cc(-c2ccccc2)cc(-c2ccccc2)c1. The highest BCUT2D eigenvalue weighted by Crippen LogP contribution is 2.44. The molecule has 0 fully saturated rings. The van der Waals surface area contributed by atoms with Gasteiger partial charge < -0.3 is 0 Å². The van der Waals surface area contributed by atoms with Crippen molar-refractivity contribution in [1.29, 1.82) is 0 Å². The number of hydrogen-bond donors (Lipinski definition) is 0. The highest BCUT2D eigenvalue weighted by Gasteiger charge is 2.25. The molecule has 0 spiro atoms. The van der Waals surface area contributed by atoms with Gasteiger partial charge in [-0.3, -0.25) is 0 Å². The van der Waals surface area contributed by atoms with Gasteiger partial charge in [0.05, 0.1) is 0 Å². The Morgan fingerprint density at radius 1 is 0.391 bits per heavy atom. The first-order valence-corrected chi connectivity index (χ1v) is 16.4. The van der Waals surface area contributed by atoms with Crippen LogP contribution in [0.3, 0.4) is 0 Å². The molecule has 1 aliphatic rings. The molecule has 0 aromatic heterocycles. The summed E-state index contributed by atoms with van der Waals surface area (Å²) >= 11 is 0. The van der Waals surface area contributed by atoms with Crippen molar-refractivity contribution in [1.82, 2.24) is 0 Å². The van der Waals surface area contributed by atoms with Crippen molar-refractivity contribution in [3.8, 4) is 55.6 Å². The van der Waals surface area contributed by atoms with E-state index in [1.165, 1.54) is 72.3 Å². The van der Waals surface area contributed by atoms with Crippen LogP contribution >= 0.6 is 0 Å². The Balaban J connectivity index is 1.47. The Hall–Kier alpha value is -5.20. The molecule has 0 saturated carbocycles. The van der Waals surface area contributed by atoms with Gasteiger partial charge in [-0.05, 0) is 127 Å². The minimum atomic E-state index is -0.103. The summed E-state index contributed by atoms with van der Waals surface area (Å²) in [6.45, 7) is 7.05. The van der Waals surface area contributed by atoms with E-state index in [1.807, 2.05) is 0 Å². The molecule has 0 aliphatic heterocycles. The molecule has 0 unspecified atom stereocenters. The van der Waals surface area contributed by atoms with Gasteiger partial charge in [-0.25, -0.2) is 0 Å². The summed E-state index contributed by atoms with van der Waals surface area (Å²) < 4.78 is 0. The largest absolute Gasteiger partial charge is 0.0836 e. The van der Waals surface area contributed by atoms with E-state index in [1.54, 1.807) is 0 Å². The third kappa shape index (κ3) is 6.17. The average molecular weight is 593 g/mol. The molecule has 0 saturated heterocycles. The molecule has 1 aliphatic carbocycles. The quantitative estimate of drug-likeness (QED) is 0.180. The van der Waals surface area contributed by atoms with Crippen molar-refractivity contribution in [2.45, 2.75) is 39.0 Å². The maximum Gasteiger partial charge on any atom is -0.0120 e. The number of rotatable bonds is 6. The van der Waals surface area contributed by atoms with Crippen molar-refractivity contribution in [2.24, 2.45) is 0 Å². The maximum absolute atomic E-state index is 2.40. The first-order valence-electron chi connectivity index (χ1n) is 16.4. The van der Waals surface area contributed by atoms with Gasteiger partial charge in [-0.1, -0.05) is 148 Å². The van der Waals surface area contributed by atoms with Crippen molar-refractivity contribution >= 4 is 5.57 Å². The number of allylic oxidation sites excluding steroid dienone is 4. The van der Waals surface area contributed by atoms with Gasteiger partial charge in [0.1, 0.15) is 0 Å². The van der Waals surface area contributed by atoms with Crippen molar-refractivity contribution in [3.63, 3.8) is 0 Å². The van der Waals surface area contributed by atoms with Crippen LogP contribution in [0.2, 0.25) is 0 Å². The Kier molecular flexibility index (Phi) is 8.12. The van der Waals surface area contributed by atoms with Crippen molar-refractivity contribution < 1.29 is 0 Å². The van der Waals surface area contributed by atoms with Gasteiger partial charge in [0, 0.05) is 0 Å². The molecular formula is C46H40. The summed E-state index contributed by atoms with van der Waals surface area (Å²) in [7, 11) is 0. The lowest BCUT2D eigenvalue weighted by molar-refractivity contribution is 0.593. The molecule has 6 aromatic carbocycles. The molecule has 0 heteroatoms. The first-order chi connectivity index (χ1) is 22.4. The van der Waals surface area contributed by atoms with Crippen LogP contribution in [-0.2, 0) is 5.41 Å². The summed E-state index contributed by atoms with van der Waals surface area (Å²) in [6, 6.07) is 53.4. The smallest absolute Gasteiger partial charge is 0.0120 e. The van der Waals surface area contributed by atoms with E-state index in [-0.39, 0.29) is 5.41 Å². The second kappa shape index (κ2) is 12.7. The Labute approximate surface area is 274 Å². The molecule has 0 N–H and O–H groups in total. The Bertz CT molecular complexity index is 1980. The minimum absolute atomic E-state index is 0.103. The molecule has 224 valence electrons. The molecule has 0 amide bonds. The molecule has 6 aromatic rings. The van der Waals surface area contributed by atoms with Crippen LogP contribution in [0.15, 0.2) is 164 Å². The molecule has 0 atom stereocenters. The second-order valence-electron chi connectivity index (χ2n) is 13.3. The van der Waals surface area contributed by atoms with E-state index < -0.39 is 0 Å². The average Bonchev–Trinajstić information content (AvgIpc) is 3.12. The van der Waals surface area contributed by atoms with Gasteiger partial charge in [0.25, 0.3) is 0 Å². The topological polar surface area (TPSA) is 0 Å². The van der Waals surface area contributed by atoms with E-state index in [0.29, 0.717) is 0 Å². The lowest BCUT2D eigenvalue weighted by Gasteiger charge is -2.28. The van der Waals surface area contributed by atoms with Gasteiger partial charge in [0.15, 0.2) is 0 Å². The third-order valence-electron chi connectivity index (χ3n) is 8.95. The highest BCUT2D eigenvalue weighted by atomic mass is 14.3. The van der Waals surface area contributed by atoms with Crippen LogP contribution in [0.5, 0.6) is 0 Å². The van der Waals surface area contributed by atoms with Gasteiger partial charge in [-0.2, -0.15) is 0 Å². The van der Waals surface area contributed by atoms with Gasteiger partial charge >= 0.3 is 0 Å². The summed E-state index contributed by atoms with van der Waals surface area (Å²) in [5.74, 6) is 0. The second-order valence-corrected chi connectivity index (χ2v) is 13.3. The fraction of sp³-hybridized carbons (Fsp3) is 0.130. The minimum Gasteiger partial charge on any atom is -0.0836 e. The monoisotopic (exact) mass is 592 g/mol. The maximum atomic E-state index is 2.40. The van der Waals surface area contributed by atoms with Gasteiger partial charge in [-0.15, -0.1) is 0 Å². The standard InChI is InChI=1S/C46H40/c1-46(2,3)45-43(41-29-37(33-17-8-4-9-18-33)27-38(30-41)34-19-10-5-11-20-34)25-16-26-44(45)42-31-39(35-21-12-6-13-22-35)28-40(32-42)36-23-14-7-15-24-36/h4-6,8-14,16-32H,7,15H2,1-3H3. The number of benzene rings is 6. The van der Waals surface area contributed by atoms with E-state index in [4.69, 9.17) is 0 Å². The van der Waals surface area contributed by atoms with Crippen molar-refractivity contribution in [3.05, 3.63) is 175 Å². The normalized spacial score (nSPS) is 13.0. The fourth-order valence-electron chi connectivity index (χ4n) is 6.79. The molecule has 0 bridgehead atoms. The molecular weight excluding hydrogens is 553 g/mol. The first kappa shape index (κ1) is 29.5. The third-order valence-corrected chi connectivity index (χ3v) is 8.95. The van der Waals surface area contributed by atoms with Crippen LogP contribution in [0.25, 0.3) is 61.2 Å². The highest BCUT2D eigenvalue weighted by molar-refractivity contribution is 5.89. The number of hydrogen-bond acceptors (Lipinski definition) is 0. The van der Waals surface area contributed by atoms with Crippen LogP contribution in [0, 0.1) is 0 Å². The molecule has 0 radical (unpaired) electrons. The van der Waals surface area contributed by atoms with Crippen LogP contribution in [-0.4, -0.2) is 0 Å². The predicted molar refractivity (Wildman–Crippen MR) is 199 cm³/mol. The summed E-state index contributed by atoms with van der Waals surface area (Å²) in [4.78, 5) is 0. The molecule has 0 nitrogen and oxygen atoms in total. The molecule has 0 heterocycles. The summed E-state index contributed by atoms with van der Waals surface area (Å²) in [5, 5.41) is 0. The predicted octanol–water partition coefficient (Wildman–Crippen LogP) is 13.1. The van der Waals surface area contributed by atoms with Gasteiger partial charge in [0.2, 0.25) is 0 Å². The lowest BCUT2D eigenvalue weighted by Crippen LogP contribution is -2.15. The van der Waals surface area contributed by atoms with Crippen LogP contribution in [0.4, 0.5) is 0 Å². The zero-order valence-electron chi connectivity index (χ0n) is 27.0. The Morgan fingerprint density at radius 3 is 1.22 bits per heavy atom. The lowest BCUT2D eigenvalue weighted by atomic mass is 9.76. The summed E-state index contributed by atoms with van der Waals surface area (Å²) in [6.07, 6.45) is 9.17. The van der Waals surface area contributed by atoms with Crippen LogP contribution in [0.1, 0.15) is 44.7 Å². The fourth-order valence-corrected chi connectivity index (χ4v) is 6.79. The van der Waals surface area contributed by atoms with E-state index in [9.17, 15) is 0 Å². The zero-order valence-corrected chi connectivity index (χ0v) is 27.0.